The Morgan fingerprint density at radius 2 is 1.70 bits per heavy atom. The van der Waals surface area contributed by atoms with Crippen LogP contribution in [-0.2, 0) is 40.5 Å². The van der Waals surface area contributed by atoms with Gasteiger partial charge in [-0.25, -0.2) is 12.7 Å². The van der Waals surface area contributed by atoms with Crippen molar-refractivity contribution in [3.8, 4) is 0 Å². The number of nitrogens with zero attached hydrogens (tertiary/aromatic N) is 2. The molecule has 1 amide bonds. The molecule has 1 fully saturated rings. The standard InChI is InChI=1S/C21H28N2O3S/c1-21(10-5-12-22(21)2)11-13-27(25,26)23(15-24)20-18-8-3-6-16(18)14-17-7-4-9-19(17)20/h11,13-15H,3-10,12H2,1-2H3. The van der Waals surface area contributed by atoms with Crippen LogP contribution in [0.5, 0.6) is 0 Å². The van der Waals surface area contributed by atoms with E-state index in [1.165, 1.54) is 16.5 Å². The van der Waals surface area contributed by atoms with E-state index in [1.54, 1.807) is 6.08 Å². The molecule has 146 valence electrons. The molecule has 2 aliphatic carbocycles. The van der Waals surface area contributed by atoms with Gasteiger partial charge in [0.15, 0.2) is 0 Å². The highest BCUT2D eigenvalue weighted by atomic mass is 32.2. The molecule has 1 heterocycles. The van der Waals surface area contributed by atoms with Gasteiger partial charge in [0.05, 0.1) is 5.69 Å². The Hall–Kier alpha value is -1.66. The average Bonchev–Trinajstić information content (AvgIpc) is 3.34. The minimum Gasteiger partial charge on any atom is -0.297 e. The lowest BCUT2D eigenvalue weighted by Gasteiger charge is -2.29. The fourth-order valence-electron chi connectivity index (χ4n) is 4.92. The highest BCUT2D eigenvalue weighted by Gasteiger charge is 2.34. The number of carbonyl (C=O) groups is 1. The fourth-order valence-corrected chi connectivity index (χ4v) is 6.11. The number of hydrogen-bond donors (Lipinski definition) is 0. The predicted molar refractivity (Wildman–Crippen MR) is 107 cm³/mol. The fraction of sp³-hybridized carbons (Fsp3) is 0.571. The molecule has 1 aromatic rings. The molecule has 5 nitrogen and oxygen atoms in total. The van der Waals surface area contributed by atoms with Crippen LogP contribution in [0, 0.1) is 0 Å². The molecule has 0 bridgehead atoms. The number of hydrogen-bond acceptors (Lipinski definition) is 4. The van der Waals surface area contributed by atoms with Crippen LogP contribution < -0.4 is 4.31 Å². The molecular weight excluding hydrogens is 360 g/mol. The second-order valence-corrected chi connectivity index (χ2v) is 10.0. The van der Waals surface area contributed by atoms with E-state index in [0.29, 0.717) is 12.1 Å². The monoisotopic (exact) mass is 388 g/mol. The number of anilines is 1. The lowest BCUT2D eigenvalue weighted by molar-refractivity contribution is -0.106. The summed E-state index contributed by atoms with van der Waals surface area (Å²) in [6, 6.07) is 2.24. The van der Waals surface area contributed by atoms with Crippen LogP contribution in [0.2, 0.25) is 0 Å². The number of carbonyl (C=O) groups excluding carboxylic acids is 1. The highest BCUT2D eigenvalue weighted by molar-refractivity contribution is 7.96. The number of aryl methyl sites for hydroxylation is 2. The van der Waals surface area contributed by atoms with Gasteiger partial charge in [0.1, 0.15) is 0 Å². The number of benzene rings is 1. The molecule has 6 heteroatoms. The third-order valence-electron chi connectivity index (χ3n) is 6.68. The SMILES string of the molecule is CN1CCCC1(C)C=CS(=O)(=O)N(C=O)c1c2c(cc3c1CCC3)CCC2. The second-order valence-electron chi connectivity index (χ2n) is 8.34. The molecule has 1 aliphatic heterocycles. The normalized spacial score (nSPS) is 25.1. The molecule has 4 rings (SSSR count). The van der Waals surface area contributed by atoms with Crippen LogP contribution in [-0.4, -0.2) is 38.9 Å². The third-order valence-corrected chi connectivity index (χ3v) is 7.98. The molecule has 1 saturated heterocycles. The Morgan fingerprint density at radius 3 is 2.22 bits per heavy atom. The zero-order chi connectivity index (χ0) is 19.2. The van der Waals surface area contributed by atoms with Gasteiger partial charge in [-0.05, 0) is 94.1 Å². The summed E-state index contributed by atoms with van der Waals surface area (Å²) < 4.78 is 27.3. The van der Waals surface area contributed by atoms with Crippen LogP contribution in [0.15, 0.2) is 17.6 Å². The molecule has 0 radical (unpaired) electrons. The molecule has 0 N–H and O–H groups in total. The van der Waals surface area contributed by atoms with Crippen molar-refractivity contribution in [3.05, 3.63) is 39.8 Å². The van der Waals surface area contributed by atoms with Gasteiger partial charge in [-0.3, -0.25) is 9.69 Å². The molecule has 0 spiro atoms. The average molecular weight is 389 g/mol. The lowest BCUT2D eigenvalue weighted by atomic mass is 9.99. The summed E-state index contributed by atoms with van der Waals surface area (Å²) in [4.78, 5) is 14.2. The van der Waals surface area contributed by atoms with Crippen molar-refractivity contribution >= 4 is 22.1 Å². The summed E-state index contributed by atoms with van der Waals surface area (Å²) >= 11 is 0. The molecule has 1 unspecified atom stereocenters. The van der Waals surface area contributed by atoms with Gasteiger partial charge < -0.3 is 0 Å². The van der Waals surface area contributed by atoms with Gasteiger partial charge in [0, 0.05) is 10.9 Å². The topological polar surface area (TPSA) is 57.7 Å². The summed E-state index contributed by atoms with van der Waals surface area (Å²) in [5.74, 6) is 0. The number of sulfonamides is 1. The van der Waals surface area contributed by atoms with Crippen LogP contribution >= 0.6 is 0 Å². The van der Waals surface area contributed by atoms with Crippen molar-refractivity contribution in [1.29, 1.82) is 0 Å². The zero-order valence-electron chi connectivity index (χ0n) is 16.2. The van der Waals surface area contributed by atoms with Crippen molar-refractivity contribution in [1.82, 2.24) is 4.90 Å². The number of rotatable bonds is 5. The van der Waals surface area contributed by atoms with Crippen molar-refractivity contribution in [2.24, 2.45) is 0 Å². The van der Waals surface area contributed by atoms with E-state index >= 15 is 0 Å². The summed E-state index contributed by atoms with van der Waals surface area (Å²) in [5, 5.41) is 1.25. The van der Waals surface area contributed by atoms with Crippen molar-refractivity contribution in [2.75, 3.05) is 17.9 Å². The highest BCUT2D eigenvalue weighted by Crippen LogP contribution is 2.41. The molecule has 27 heavy (non-hydrogen) atoms. The van der Waals surface area contributed by atoms with E-state index in [4.69, 9.17) is 0 Å². The third kappa shape index (κ3) is 3.13. The molecule has 1 aromatic carbocycles. The van der Waals surface area contributed by atoms with Gasteiger partial charge in [-0.15, -0.1) is 0 Å². The van der Waals surface area contributed by atoms with Crippen molar-refractivity contribution in [2.45, 2.75) is 63.8 Å². The number of likely N-dealkylation sites (N-methyl/N-ethyl adjacent to an activating group) is 1. The van der Waals surface area contributed by atoms with Crippen molar-refractivity contribution in [3.63, 3.8) is 0 Å². The smallest absolute Gasteiger partial charge is 0.263 e. The molecule has 0 aromatic heterocycles. The van der Waals surface area contributed by atoms with E-state index in [1.807, 2.05) is 7.05 Å². The van der Waals surface area contributed by atoms with Gasteiger partial charge in [0.25, 0.3) is 10.0 Å². The summed E-state index contributed by atoms with van der Waals surface area (Å²) in [7, 11) is -1.85. The minimum atomic E-state index is -3.86. The van der Waals surface area contributed by atoms with E-state index in [2.05, 4.69) is 17.9 Å². The Kier molecular flexibility index (Phi) is 4.67. The maximum Gasteiger partial charge on any atom is 0.263 e. The summed E-state index contributed by atoms with van der Waals surface area (Å²) in [6.45, 7) is 3.01. The minimum absolute atomic E-state index is 0.276. The first-order valence-electron chi connectivity index (χ1n) is 9.92. The number of amides is 1. The quantitative estimate of drug-likeness (QED) is 0.728. The predicted octanol–water partition coefficient (Wildman–Crippen LogP) is 2.95. The van der Waals surface area contributed by atoms with E-state index in [9.17, 15) is 13.2 Å². The second kappa shape index (κ2) is 6.74. The molecule has 0 saturated carbocycles. The first kappa shape index (κ1) is 18.7. The number of likely N-dealkylation sites (tertiary alicyclic amines) is 1. The maximum atomic E-state index is 13.2. The van der Waals surface area contributed by atoms with Crippen LogP contribution in [0.1, 0.15) is 54.9 Å². The van der Waals surface area contributed by atoms with Gasteiger partial charge in [-0.2, -0.15) is 0 Å². The van der Waals surface area contributed by atoms with Crippen molar-refractivity contribution < 1.29 is 13.2 Å². The Morgan fingerprint density at radius 1 is 1.07 bits per heavy atom. The van der Waals surface area contributed by atoms with Crippen LogP contribution in [0.25, 0.3) is 0 Å². The molecule has 3 aliphatic rings. The molecule has 1 atom stereocenters. The maximum absolute atomic E-state index is 13.2. The van der Waals surface area contributed by atoms with Gasteiger partial charge in [-0.1, -0.05) is 12.1 Å². The first-order valence-corrected chi connectivity index (χ1v) is 11.4. The first-order chi connectivity index (χ1) is 12.9. The van der Waals surface area contributed by atoms with E-state index in [0.717, 1.165) is 73.3 Å². The summed E-state index contributed by atoms with van der Waals surface area (Å²) in [5.41, 5.74) is 4.94. The van der Waals surface area contributed by atoms with E-state index in [-0.39, 0.29) is 5.54 Å². The Bertz CT molecular complexity index is 874. The van der Waals surface area contributed by atoms with Gasteiger partial charge in [0.2, 0.25) is 6.41 Å². The number of fused-ring (bicyclic) bond motifs is 2. The molecular formula is C21H28N2O3S. The Labute approximate surface area is 162 Å². The lowest BCUT2D eigenvalue weighted by Crippen LogP contribution is -2.37. The zero-order valence-corrected chi connectivity index (χ0v) is 17.0. The van der Waals surface area contributed by atoms with Crippen LogP contribution in [0.4, 0.5) is 5.69 Å². The van der Waals surface area contributed by atoms with E-state index < -0.39 is 10.0 Å². The van der Waals surface area contributed by atoms with Crippen LogP contribution in [0.3, 0.4) is 0 Å². The Balaban J connectivity index is 1.76. The van der Waals surface area contributed by atoms with Gasteiger partial charge >= 0.3 is 0 Å². The largest absolute Gasteiger partial charge is 0.297 e. The summed E-state index contributed by atoms with van der Waals surface area (Å²) in [6.07, 6.45) is 9.92.